The summed E-state index contributed by atoms with van der Waals surface area (Å²) >= 11 is 0. The van der Waals surface area contributed by atoms with Crippen molar-refractivity contribution in [2.24, 2.45) is 0 Å². The third kappa shape index (κ3) is 3.13. The number of aryl methyl sites for hydroxylation is 1. The molecular weight excluding hydrogens is 228 g/mol. The molecule has 1 aliphatic carbocycles. The largest absolute Gasteiger partial charge is 0.388 e. The smallest absolute Gasteiger partial charge is 0.240 e. The average Bonchev–Trinajstić information content (AvgIpc) is 2.58. The molecule has 1 heterocycles. The van der Waals surface area contributed by atoms with Gasteiger partial charge in [0.1, 0.15) is 6.54 Å². The van der Waals surface area contributed by atoms with Gasteiger partial charge < -0.3 is 15.0 Å². The number of aliphatic hydroxyl groups is 1. The van der Waals surface area contributed by atoms with Crippen molar-refractivity contribution in [1.29, 1.82) is 0 Å². The highest BCUT2D eigenvalue weighted by Crippen LogP contribution is 2.30. The zero-order valence-corrected chi connectivity index (χ0v) is 11.4. The molecular formula is C14H22N2O2. The zero-order chi connectivity index (χ0) is 13.3. The fraction of sp³-hybridized carbons (Fsp3) is 0.643. The molecule has 4 nitrogen and oxygen atoms in total. The van der Waals surface area contributed by atoms with Gasteiger partial charge in [-0.15, -0.1) is 0 Å². The molecule has 0 fully saturated rings. The Bertz CT molecular complexity index is 443. The van der Waals surface area contributed by atoms with Crippen molar-refractivity contribution in [2.45, 2.75) is 58.2 Å². The number of nitrogens with zero attached hydrogens (tertiary/aromatic N) is 1. The van der Waals surface area contributed by atoms with Gasteiger partial charge in [0.15, 0.2) is 0 Å². The van der Waals surface area contributed by atoms with Gasteiger partial charge in [-0.3, -0.25) is 4.79 Å². The Morgan fingerprint density at radius 3 is 2.83 bits per heavy atom. The maximum Gasteiger partial charge on any atom is 0.240 e. The van der Waals surface area contributed by atoms with Crippen LogP contribution in [-0.4, -0.2) is 21.1 Å². The fourth-order valence-corrected chi connectivity index (χ4v) is 2.44. The van der Waals surface area contributed by atoms with Gasteiger partial charge in [-0.2, -0.15) is 0 Å². The van der Waals surface area contributed by atoms with Crippen LogP contribution in [-0.2, 0) is 17.8 Å². The van der Waals surface area contributed by atoms with Crippen LogP contribution in [0.1, 0.15) is 50.8 Å². The first kappa shape index (κ1) is 13.1. The van der Waals surface area contributed by atoms with E-state index in [1.54, 1.807) is 0 Å². The fourth-order valence-electron chi connectivity index (χ4n) is 2.44. The van der Waals surface area contributed by atoms with Crippen LogP contribution < -0.4 is 5.32 Å². The summed E-state index contributed by atoms with van der Waals surface area (Å²) in [6.45, 7) is 6.22. The average molecular weight is 250 g/mol. The summed E-state index contributed by atoms with van der Waals surface area (Å²) < 4.78 is 1.88. The third-order valence-electron chi connectivity index (χ3n) is 3.12. The monoisotopic (exact) mass is 250 g/mol. The molecule has 0 saturated carbocycles. The summed E-state index contributed by atoms with van der Waals surface area (Å²) in [6, 6.07) is 0. The van der Waals surface area contributed by atoms with E-state index in [0.717, 1.165) is 24.8 Å². The minimum atomic E-state index is -0.360. The molecule has 1 unspecified atom stereocenters. The Morgan fingerprint density at radius 1 is 1.50 bits per heavy atom. The lowest BCUT2D eigenvalue weighted by Crippen LogP contribution is -2.42. The SMILES string of the molecule is CC(C)(C)NC(=O)Cn1cc2c(c1)C(O)CCC2. The minimum absolute atomic E-state index is 0.00402. The molecule has 0 radical (unpaired) electrons. The van der Waals surface area contributed by atoms with Crippen LogP contribution >= 0.6 is 0 Å². The molecule has 1 aromatic heterocycles. The van der Waals surface area contributed by atoms with Crippen LogP contribution in [0.5, 0.6) is 0 Å². The number of fused-ring (bicyclic) bond motifs is 1. The first-order chi connectivity index (χ1) is 8.35. The van der Waals surface area contributed by atoms with Crippen molar-refractivity contribution < 1.29 is 9.90 Å². The molecule has 1 atom stereocenters. The summed E-state index contributed by atoms with van der Waals surface area (Å²) in [5.41, 5.74) is 1.96. The number of hydrogen-bond acceptors (Lipinski definition) is 2. The molecule has 100 valence electrons. The summed E-state index contributed by atoms with van der Waals surface area (Å²) in [5.74, 6) is 0.00402. The summed E-state index contributed by atoms with van der Waals surface area (Å²) in [4.78, 5) is 11.8. The highest BCUT2D eigenvalue weighted by Gasteiger charge is 2.21. The molecule has 2 rings (SSSR count). The number of hydrogen-bond donors (Lipinski definition) is 2. The molecule has 0 saturated heterocycles. The van der Waals surface area contributed by atoms with E-state index in [1.165, 1.54) is 5.56 Å². The molecule has 0 aliphatic heterocycles. The van der Waals surface area contributed by atoms with Crippen molar-refractivity contribution in [3.8, 4) is 0 Å². The van der Waals surface area contributed by atoms with E-state index in [9.17, 15) is 9.90 Å². The second kappa shape index (κ2) is 4.76. The van der Waals surface area contributed by atoms with Gasteiger partial charge in [0.25, 0.3) is 0 Å². The van der Waals surface area contributed by atoms with Gasteiger partial charge in [-0.25, -0.2) is 0 Å². The number of amides is 1. The van der Waals surface area contributed by atoms with Crippen molar-refractivity contribution in [3.05, 3.63) is 23.5 Å². The summed E-state index contributed by atoms with van der Waals surface area (Å²) in [5, 5.41) is 12.8. The van der Waals surface area contributed by atoms with Gasteiger partial charge in [-0.1, -0.05) is 0 Å². The van der Waals surface area contributed by atoms with E-state index in [-0.39, 0.29) is 17.6 Å². The number of aromatic nitrogens is 1. The van der Waals surface area contributed by atoms with Crippen LogP contribution in [0, 0.1) is 0 Å². The third-order valence-corrected chi connectivity index (χ3v) is 3.12. The van der Waals surface area contributed by atoms with Gasteiger partial charge in [0.2, 0.25) is 5.91 Å². The van der Waals surface area contributed by atoms with Crippen LogP contribution in [0.2, 0.25) is 0 Å². The second-order valence-corrected chi connectivity index (χ2v) is 6.12. The number of nitrogens with one attached hydrogen (secondary N) is 1. The Morgan fingerprint density at radius 2 is 2.22 bits per heavy atom. The minimum Gasteiger partial charge on any atom is -0.388 e. The highest BCUT2D eigenvalue weighted by molar-refractivity contribution is 5.76. The highest BCUT2D eigenvalue weighted by atomic mass is 16.3. The van der Waals surface area contributed by atoms with Gasteiger partial charge >= 0.3 is 0 Å². The van der Waals surface area contributed by atoms with Crippen LogP contribution in [0.25, 0.3) is 0 Å². The molecule has 0 aromatic carbocycles. The molecule has 4 heteroatoms. The Balaban J connectivity index is 2.05. The van der Waals surface area contributed by atoms with E-state index >= 15 is 0 Å². The van der Waals surface area contributed by atoms with E-state index < -0.39 is 0 Å². The maximum atomic E-state index is 11.8. The van der Waals surface area contributed by atoms with Crippen LogP contribution in [0.3, 0.4) is 0 Å². The van der Waals surface area contributed by atoms with Gasteiger partial charge in [0, 0.05) is 23.5 Å². The number of aliphatic hydroxyl groups excluding tert-OH is 1. The standard InChI is InChI=1S/C14H22N2O2/c1-14(2,3)15-13(18)9-16-7-10-5-4-6-12(17)11(10)8-16/h7-8,12,17H,4-6,9H2,1-3H3,(H,15,18). The molecule has 1 aliphatic rings. The second-order valence-electron chi connectivity index (χ2n) is 6.12. The van der Waals surface area contributed by atoms with Gasteiger partial charge in [0.05, 0.1) is 6.10 Å². The number of carbonyl (C=O) groups excluding carboxylic acids is 1. The predicted molar refractivity (Wildman–Crippen MR) is 70.2 cm³/mol. The Labute approximate surface area is 108 Å². The summed E-state index contributed by atoms with van der Waals surface area (Å²) in [7, 11) is 0. The lowest BCUT2D eigenvalue weighted by molar-refractivity contribution is -0.123. The quantitative estimate of drug-likeness (QED) is 0.840. The van der Waals surface area contributed by atoms with E-state index in [2.05, 4.69) is 5.32 Å². The van der Waals surface area contributed by atoms with Crippen molar-refractivity contribution in [1.82, 2.24) is 9.88 Å². The van der Waals surface area contributed by atoms with Crippen molar-refractivity contribution in [3.63, 3.8) is 0 Å². The molecule has 1 amide bonds. The Hall–Kier alpha value is -1.29. The van der Waals surface area contributed by atoms with E-state index in [1.807, 2.05) is 37.7 Å². The van der Waals surface area contributed by atoms with Crippen molar-refractivity contribution in [2.75, 3.05) is 0 Å². The first-order valence-corrected chi connectivity index (χ1v) is 6.53. The van der Waals surface area contributed by atoms with E-state index in [4.69, 9.17) is 0 Å². The molecule has 1 aromatic rings. The maximum absolute atomic E-state index is 11.8. The molecule has 0 bridgehead atoms. The number of rotatable bonds is 2. The summed E-state index contributed by atoms with van der Waals surface area (Å²) in [6.07, 6.45) is 6.37. The van der Waals surface area contributed by atoms with Crippen LogP contribution in [0.4, 0.5) is 0 Å². The Kier molecular flexibility index (Phi) is 3.48. The predicted octanol–water partition coefficient (Wildman–Crippen LogP) is 1.77. The van der Waals surface area contributed by atoms with Crippen molar-refractivity contribution >= 4 is 5.91 Å². The molecule has 2 N–H and O–H groups in total. The topological polar surface area (TPSA) is 54.3 Å². The molecule has 0 spiro atoms. The van der Waals surface area contributed by atoms with Gasteiger partial charge in [-0.05, 0) is 45.6 Å². The zero-order valence-electron chi connectivity index (χ0n) is 11.4. The lowest BCUT2D eigenvalue weighted by Gasteiger charge is -2.20. The molecule has 18 heavy (non-hydrogen) atoms. The first-order valence-electron chi connectivity index (χ1n) is 6.53. The lowest BCUT2D eigenvalue weighted by atomic mass is 9.93. The normalized spacial score (nSPS) is 19.4. The number of carbonyl (C=O) groups is 1. The van der Waals surface area contributed by atoms with E-state index in [0.29, 0.717) is 6.54 Å². The van der Waals surface area contributed by atoms with Crippen LogP contribution in [0.15, 0.2) is 12.4 Å².